The molecular formula is C12H15N5OS. The number of aromatic amines is 1. The van der Waals surface area contributed by atoms with Crippen LogP contribution in [0.5, 0.6) is 0 Å². The second-order valence-corrected chi connectivity index (χ2v) is 6.05. The van der Waals surface area contributed by atoms with Crippen LogP contribution in [0.4, 0.5) is 5.13 Å². The smallest absolute Gasteiger partial charge is 0.277 e. The summed E-state index contributed by atoms with van der Waals surface area (Å²) >= 11 is 1.40. The van der Waals surface area contributed by atoms with Crippen LogP contribution in [0.3, 0.4) is 0 Å². The Morgan fingerprint density at radius 3 is 2.89 bits per heavy atom. The predicted molar refractivity (Wildman–Crippen MR) is 72.5 cm³/mol. The van der Waals surface area contributed by atoms with E-state index in [0.717, 1.165) is 10.7 Å². The minimum absolute atomic E-state index is 0.241. The Hall–Kier alpha value is -1.76. The van der Waals surface area contributed by atoms with E-state index in [-0.39, 0.29) is 5.91 Å². The van der Waals surface area contributed by atoms with Crippen LogP contribution in [0.1, 0.15) is 59.7 Å². The van der Waals surface area contributed by atoms with E-state index in [9.17, 15) is 4.79 Å². The molecule has 0 radical (unpaired) electrons. The van der Waals surface area contributed by atoms with Crippen LogP contribution in [0.2, 0.25) is 0 Å². The summed E-state index contributed by atoms with van der Waals surface area (Å²) < 4.78 is 0. The zero-order valence-corrected chi connectivity index (χ0v) is 11.6. The van der Waals surface area contributed by atoms with Gasteiger partial charge < -0.3 is 0 Å². The van der Waals surface area contributed by atoms with Crippen LogP contribution in [-0.4, -0.2) is 26.3 Å². The number of hydrogen-bond donors (Lipinski definition) is 2. The molecule has 0 atom stereocenters. The van der Waals surface area contributed by atoms with Crippen molar-refractivity contribution in [1.82, 2.24) is 20.4 Å². The molecule has 1 aliphatic carbocycles. The molecule has 0 spiro atoms. The highest BCUT2D eigenvalue weighted by atomic mass is 32.1. The molecule has 1 saturated carbocycles. The minimum Gasteiger partial charge on any atom is -0.295 e. The molecular weight excluding hydrogens is 262 g/mol. The number of carbonyl (C=O) groups is 1. The SMILES string of the molecule is CC(C)c1nnc(NC(=O)c2cc(C3CC3)[nH]n2)s1. The quantitative estimate of drug-likeness (QED) is 0.899. The van der Waals surface area contributed by atoms with E-state index in [1.807, 2.05) is 19.9 Å². The molecule has 1 fully saturated rings. The van der Waals surface area contributed by atoms with E-state index in [4.69, 9.17) is 0 Å². The average molecular weight is 277 g/mol. The molecule has 19 heavy (non-hydrogen) atoms. The minimum atomic E-state index is -0.241. The van der Waals surface area contributed by atoms with Gasteiger partial charge in [-0.05, 0) is 18.9 Å². The maximum atomic E-state index is 12.0. The molecule has 1 amide bonds. The highest BCUT2D eigenvalue weighted by molar-refractivity contribution is 7.15. The summed E-state index contributed by atoms with van der Waals surface area (Å²) in [6, 6.07) is 1.82. The van der Waals surface area contributed by atoms with Crippen molar-refractivity contribution in [3.63, 3.8) is 0 Å². The normalized spacial score (nSPS) is 14.9. The van der Waals surface area contributed by atoms with E-state index in [0.29, 0.717) is 22.7 Å². The molecule has 0 bridgehead atoms. The number of amides is 1. The van der Waals surface area contributed by atoms with Crippen LogP contribution in [0.25, 0.3) is 0 Å². The van der Waals surface area contributed by atoms with Gasteiger partial charge in [-0.1, -0.05) is 25.2 Å². The van der Waals surface area contributed by atoms with E-state index in [1.54, 1.807) is 0 Å². The molecule has 2 aromatic rings. The first-order chi connectivity index (χ1) is 9.13. The molecule has 0 unspecified atom stereocenters. The number of nitrogens with one attached hydrogen (secondary N) is 2. The summed E-state index contributed by atoms with van der Waals surface area (Å²) in [5, 5.41) is 19.1. The Balaban J connectivity index is 1.68. The molecule has 7 heteroatoms. The van der Waals surface area contributed by atoms with Gasteiger partial charge in [-0.2, -0.15) is 5.10 Å². The molecule has 100 valence electrons. The number of anilines is 1. The lowest BCUT2D eigenvalue weighted by atomic mass is 10.2. The van der Waals surface area contributed by atoms with Crippen LogP contribution in [-0.2, 0) is 0 Å². The predicted octanol–water partition coefficient (Wildman–Crippen LogP) is 2.51. The molecule has 2 heterocycles. The van der Waals surface area contributed by atoms with E-state index in [1.165, 1.54) is 24.2 Å². The highest BCUT2D eigenvalue weighted by Crippen LogP contribution is 2.39. The molecule has 3 rings (SSSR count). The van der Waals surface area contributed by atoms with Crippen LogP contribution in [0, 0.1) is 0 Å². The fraction of sp³-hybridized carbons (Fsp3) is 0.500. The Bertz CT molecular complexity index is 599. The van der Waals surface area contributed by atoms with Crippen LogP contribution in [0.15, 0.2) is 6.07 Å². The first kappa shape index (κ1) is 12.3. The van der Waals surface area contributed by atoms with E-state index < -0.39 is 0 Å². The maximum Gasteiger partial charge on any atom is 0.277 e. The molecule has 0 aliphatic heterocycles. The van der Waals surface area contributed by atoms with Crippen molar-refractivity contribution in [2.24, 2.45) is 0 Å². The number of rotatable bonds is 4. The third kappa shape index (κ3) is 2.65. The third-order valence-electron chi connectivity index (χ3n) is 3.00. The van der Waals surface area contributed by atoms with Gasteiger partial charge in [0.2, 0.25) is 5.13 Å². The molecule has 0 saturated heterocycles. The lowest BCUT2D eigenvalue weighted by molar-refractivity contribution is 0.102. The van der Waals surface area contributed by atoms with Crippen molar-refractivity contribution in [2.45, 2.75) is 38.5 Å². The molecule has 2 aromatic heterocycles. The summed E-state index contributed by atoms with van der Waals surface area (Å²) in [7, 11) is 0. The lowest BCUT2D eigenvalue weighted by Gasteiger charge is -1.96. The summed E-state index contributed by atoms with van der Waals surface area (Å²) in [5.41, 5.74) is 1.45. The lowest BCUT2D eigenvalue weighted by Crippen LogP contribution is -2.12. The largest absolute Gasteiger partial charge is 0.295 e. The molecule has 0 aromatic carbocycles. The van der Waals surface area contributed by atoms with E-state index >= 15 is 0 Å². The summed E-state index contributed by atoms with van der Waals surface area (Å²) in [6.07, 6.45) is 2.36. The van der Waals surface area contributed by atoms with Crippen molar-refractivity contribution in [3.05, 3.63) is 22.5 Å². The van der Waals surface area contributed by atoms with Crippen molar-refractivity contribution < 1.29 is 4.79 Å². The third-order valence-corrected chi connectivity index (χ3v) is 4.14. The highest BCUT2D eigenvalue weighted by Gasteiger charge is 2.26. The second-order valence-electron chi connectivity index (χ2n) is 5.04. The average Bonchev–Trinajstić information content (AvgIpc) is 2.92. The van der Waals surface area contributed by atoms with Crippen LogP contribution < -0.4 is 5.32 Å². The number of H-pyrrole nitrogens is 1. The number of carbonyl (C=O) groups excluding carboxylic acids is 1. The van der Waals surface area contributed by atoms with Crippen molar-refractivity contribution in [2.75, 3.05) is 5.32 Å². The van der Waals surface area contributed by atoms with Gasteiger partial charge in [0.15, 0.2) is 5.69 Å². The standard InChI is InChI=1S/C12H15N5OS/c1-6(2)11-16-17-12(19-11)13-10(18)9-5-8(14-15-9)7-3-4-7/h5-7H,3-4H2,1-2H3,(H,14,15)(H,13,17,18). The second kappa shape index (κ2) is 4.73. The fourth-order valence-corrected chi connectivity index (χ4v) is 2.48. The molecule has 6 nitrogen and oxygen atoms in total. The molecule has 1 aliphatic rings. The fourth-order valence-electron chi connectivity index (χ4n) is 1.74. The van der Waals surface area contributed by atoms with Gasteiger partial charge >= 0.3 is 0 Å². The zero-order chi connectivity index (χ0) is 13.4. The summed E-state index contributed by atoms with van der Waals surface area (Å²) in [6.45, 7) is 4.09. The Kier molecular flexibility index (Phi) is 3.06. The summed E-state index contributed by atoms with van der Waals surface area (Å²) in [5.74, 6) is 0.632. The van der Waals surface area contributed by atoms with Gasteiger partial charge in [0, 0.05) is 17.5 Å². The topological polar surface area (TPSA) is 83.6 Å². The first-order valence-corrected chi connectivity index (χ1v) is 7.15. The Labute approximate surface area is 114 Å². The van der Waals surface area contributed by atoms with Gasteiger partial charge in [0.1, 0.15) is 5.01 Å². The van der Waals surface area contributed by atoms with Crippen molar-refractivity contribution >= 4 is 22.4 Å². The number of hydrogen-bond acceptors (Lipinski definition) is 5. The van der Waals surface area contributed by atoms with Gasteiger partial charge in [-0.15, -0.1) is 10.2 Å². The van der Waals surface area contributed by atoms with Gasteiger partial charge in [-0.3, -0.25) is 15.2 Å². The monoisotopic (exact) mass is 277 g/mol. The maximum absolute atomic E-state index is 12.0. The van der Waals surface area contributed by atoms with E-state index in [2.05, 4.69) is 25.7 Å². The first-order valence-electron chi connectivity index (χ1n) is 6.33. The van der Waals surface area contributed by atoms with Crippen molar-refractivity contribution in [1.29, 1.82) is 0 Å². The Morgan fingerprint density at radius 1 is 1.47 bits per heavy atom. The number of aromatic nitrogens is 4. The zero-order valence-electron chi connectivity index (χ0n) is 10.8. The Morgan fingerprint density at radius 2 is 2.26 bits per heavy atom. The van der Waals surface area contributed by atoms with Gasteiger partial charge in [0.25, 0.3) is 5.91 Å². The van der Waals surface area contributed by atoms with Gasteiger partial charge in [0.05, 0.1) is 0 Å². The van der Waals surface area contributed by atoms with Gasteiger partial charge in [-0.25, -0.2) is 0 Å². The van der Waals surface area contributed by atoms with Crippen molar-refractivity contribution in [3.8, 4) is 0 Å². The number of nitrogens with zero attached hydrogens (tertiary/aromatic N) is 3. The van der Waals surface area contributed by atoms with Crippen LogP contribution >= 0.6 is 11.3 Å². The summed E-state index contributed by atoms with van der Waals surface area (Å²) in [4.78, 5) is 12.0. The molecule has 2 N–H and O–H groups in total.